The van der Waals surface area contributed by atoms with Crippen LogP contribution in [-0.2, 0) is 33.3 Å². The first kappa shape index (κ1) is 25.0. The number of hydrogen-bond acceptors (Lipinski definition) is 8. The van der Waals surface area contributed by atoms with Crippen LogP contribution in [0.5, 0.6) is 0 Å². The maximum absolute atomic E-state index is 12.9. The molecule has 2 aliphatic heterocycles. The molecule has 2 fully saturated rings. The van der Waals surface area contributed by atoms with E-state index in [2.05, 4.69) is 0 Å². The van der Waals surface area contributed by atoms with Gasteiger partial charge in [0.1, 0.15) is 17.6 Å². The first-order valence-electron chi connectivity index (χ1n) is 10.8. The van der Waals surface area contributed by atoms with E-state index in [0.29, 0.717) is 0 Å². The van der Waals surface area contributed by atoms with Crippen molar-refractivity contribution in [2.75, 3.05) is 12.9 Å². The summed E-state index contributed by atoms with van der Waals surface area (Å²) in [6.07, 6.45) is -1.54. The van der Waals surface area contributed by atoms with E-state index in [4.69, 9.17) is 23.7 Å². The van der Waals surface area contributed by atoms with Crippen molar-refractivity contribution in [3.8, 4) is 0 Å². The highest BCUT2D eigenvalue weighted by atomic mass is 32.2. The highest BCUT2D eigenvalue weighted by Crippen LogP contribution is 2.40. The Morgan fingerprint density at radius 2 is 1.47 bits per heavy atom. The van der Waals surface area contributed by atoms with Gasteiger partial charge in [-0.25, -0.2) is 0 Å². The highest BCUT2D eigenvalue weighted by Gasteiger charge is 2.54. The second kappa shape index (κ2) is 9.71. The summed E-state index contributed by atoms with van der Waals surface area (Å²) in [6.45, 7) is 11.0. The lowest BCUT2D eigenvalue weighted by atomic mass is 9.94. The van der Waals surface area contributed by atoms with Gasteiger partial charge in [-0.05, 0) is 47.8 Å². The van der Waals surface area contributed by atoms with E-state index in [1.807, 2.05) is 36.6 Å². The average Bonchev–Trinajstić information content (AvgIpc) is 2.73. The Morgan fingerprint density at radius 1 is 0.906 bits per heavy atom. The van der Waals surface area contributed by atoms with Crippen molar-refractivity contribution >= 4 is 23.7 Å². The molecule has 178 valence electrons. The monoisotopic (exact) mass is 466 g/mol. The zero-order valence-corrected chi connectivity index (χ0v) is 20.6. The predicted molar refractivity (Wildman–Crippen MR) is 121 cm³/mol. The van der Waals surface area contributed by atoms with Gasteiger partial charge < -0.3 is 23.7 Å². The lowest BCUT2D eigenvalue weighted by Crippen LogP contribution is -2.63. The van der Waals surface area contributed by atoms with E-state index in [-0.39, 0.29) is 6.61 Å². The molecule has 0 saturated carbocycles. The molecule has 7 nitrogen and oxygen atoms in total. The summed E-state index contributed by atoms with van der Waals surface area (Å²) >= 11 is 1.40. The summed E-state index contributed by atoms with van der Waals surface area (Å²) < 4.78 is 30.2. The molecular weight excluding hydrogens is 432 g/mol. The normalized spacial score (nSPS) is 30.8. The Balaban J connectivity index is 1.93. The summed E-state index contributed by atoms with van der Waals surface area (Å²) in [6, 6.07) is 9.54. The molecule has 32 heavy (non-hydrogen) atoms. The molecule has 0 radical (unpaired) electrons. The maximum Gasteiger partial charge on any atom is 0.311 e. The summed E-state index contributed by atoms with van der Waals surface area (Å²) in [5.41, 5.74) is -1.13. The standard InChI is InChI=1S/C24H34O7S/c1-23(2,3)21(25)30-17-16-15(13-27-19(29-16)14-11-9-8-10-12-14)28-20(32-7)18(17)31-22(26)24(4,5)6/h8-12,15-20H,13H2,1-7H3/t15-,16-,17+,18-,19?,20+/m1/s1. The number of carbonyl (C=O) groups is 2. The van der Waals surface area contributed by atoms with Gasteiger partial charge in [-0.1, -0.05) is 30.3 Å². The van der Waals surface area contributed by atoms with Crippen LogP contribution in [-0.4, -0.2) is 54.7 Å². The van der Waals surface area contributed by atoms with Crippen molar-refractivity contribution in [2.45, 2.75) is 77.7 Å². The number of ether oxygens (including phenoxy) is 5. The minimum Gasteiger partial charge on any atom is -0.455 e. The van der Waals surface area contributed by atoms with Gasteiger partial charge >= 0.3 is 11.9 Å². The number of rotatable bonds is 4. The third kappa shape index (κ3) is 5.65. The molecule has 2 heterocycles. The summed E-state index contributed by atoms with van der Waals surface area (Å²) in [7, 11) is 0. The molecule has 0 N–H and O–H groups in total. The van der Waals surface area contributed by atoms with E-state index in [1.54, 1.807) is 41.5 Å². The number of esters is 2. The van der Waals surface area contributed by atoms with Gasteiger partial charge in [-0.3, -0.25) is 9.59 Å². The van der Waals surface area contributed by atoms with Crippen molar-refractivity contribution in [3.05, 3.63) is 35.9 Å². The van der Waals surface area contributed by atoms with Gasteiger partial charge in [-0.15, -0.1) is 11.8 Å². The van der Waals surface area contributed by atoms with E-state index in [0.717, 1.165) is 5.56 Å². The molecular formula is C24H34O7S. The van der Waals surface area contributed by atoms with Gasteiger partial charge in [0.2, 0.25) is 0 Å². The molecule has 2 saturated heterocycles. The summed E-state index contributed by atoms with van der Waals surface area (Å²) in [5.74, 6) is -0.793. The molecule has 0 amide bonds. The summed E-state index contributed by atoms with van der Waals surface area (Å²) in [4.78, 5) is 25.7. The Kier molecular flexibility index (Phi) is 7.59. The number of benzene rings is 1. The predicted octanol–water partition coefficient (Wildman–Crippen LogP) is 4.10. The van der Waals surface area contributed by atoms with Crippen molar-refractivity contribution in [1.29, 1.82) is 0 Å². The van der Waals surface area contributed by atoms with E-state index in [1.165, 1.54) is 11.8 Å². The molecule has 1 unspecified atom stereocenters. The van der Waals surface area contributed by atoms with Crippen LogP contribution in [0.2, 0.25) is 0 Å². The van der Waals surface area contributed by atoms with E-state index in [9.17, 15) is 9.59 Å². The second-order valence-electron chi connectivity index (χ2n) is 10.2. The number of hydrogen-bond donors (Lipinski definition) is 0. The zero-order valence-electron chi connectivity index (χ0n) is 19.8. The van der Waals surface area contributed by atoms with Crippen LogP contribution < -0.4 is 0 Å². The maximum atomic E-state index is 12.9. The Bertz CT molecular complexity index is 799. The molecule has 0 bridgehead atoms. The molecule has 0 aliphatic carbocycles. The smallest absolute Gasteiger partial charge is 0.311 e. The molecule has 6 atom stereocenters. The van der Waals surface area contributed by atoms with Crippen LogP contribution in [0.3, 0.4) is 0 Å². The Labute approximate surface area is 194 Å². The first-order valence-corrected chi connectivity index (χ1v) is 12.1. The third-order valence-electron chi connectivity index (χ3n) is 5.30. The van der Waals surface area contributed by atoms with Crippen molar-refractivity contribution in [1.82, 2.24) is 0 Å². The minimum atomic E-state index is -0.834. The first-order chi connectivity index (χ1) is 14.9. The zero-order chi connectivity index (χ0) is 23.7. The largest absolute Gasteiger partial charge is 0.455 e. The van der Waals surface area contributed by atoms with Gasteiger partial charge in [0.25, 0.3) is 0 Å². The molecule has 1 aromatic rings. The van der Waals surface area contributed by atoms with Crippen molar-refractivity contribution in [3.63, 3.8) is 0 Å². The van der Waals surface area contributed by atoms with E-state index >= 15 is 0 Å². The molecule has 0 spiro atoms. The van der Waals surface area contributed by atoms with Crippen LogP contribution in [0, 0.1) is 10.8 Å². The van der Waals surface area contributed by atoms with Crippen LogP contribution in [0.1, 0.15) is 53.4 Å². The second-order valence-corrected chi connectivity index (χ2v) is 11.1. The lowest BCUT2D eigenvalue weighted by molar-refractivity contribution is -0.322. The van der Waals surface area contributed by atoms with Crippen LogP contribution in [0.4, 0.5) is 0 Å². The summed E-state index contributed by atoms with van der Waals surface area (Å²) in [5, 5.41) is 0. The van der Waals surface area contributed by atoms with E-state index < -0.39 is 58.9 Å². The van der Waals surface area contributed by atoms with Gasteiger partial charge in [0.05, 0.1) is 17.4 Å². The Hall–Kier alpha value is -1.61. The van der Waals surface area contributed by atoms with Crippen LogP contribution in [0.15, 0.2) is 30.3 Å². The van der Waals surface area contributed by atoms with Gasteiger partial charge in [0, 0.05) is 5.56 Å². The molecule has 8 heteroatoms. The lowest BCUT2D eigenvalue weighted by Gasteiger charge is -2.48. The Morgan fingerprint density at radius 3 is 2.00 bits per heavy atom. The van der Waals surface area contributed by atoms with Crippen LogP contribution in [0.25, 0.3) is 0 Å². The third-order valence-corrected chi connectivity index (χ3v) is 6.14. The quantitative estimate of drug-likeness (QED) is 0.614. The number of thioether (sulfide) groups is 1. The number of carbonyl (C=O) groups excluding carboxylic acids is 2. The van der Waals surface area contributed by atoms with Gasteiger partial charge in [0.15, 0.2) is 18.5 Å². The molecule has 3 rings (SSSR count). The minimum absolute atomic E-state index is 0.269. The fraction of sp³-hybridized carbons (Fsp3) is 0.667. The average molecular weight is 467 g/mol. The number of fused-ring (bicyclic) bond motifs is 1. The topological polar surface area (TPSA) is 80.3 Å². The molecule has 0 aromatic heterocycles. The van der Waals surface area contributed by atoms with Gasteiger partial charge in [-0.2, -0.15) is 0 Å². The fourth-order valence-electron chi connectivity index (χ4n) is 3.38. The molecule has 2 aliphatic rings. The van der Waals surface area contributed by atoms with Crippen molar-refractivity contribution < 1.29 is 33.3 Å². The SMILES string of the molecule is CS[C@@H]1O[C@@H]2COC(c3ccccc3)O[C@H]2[C@H](OC(=O)C(C)(C)C)[C@H]1OC(=O)C(C)(C)C. The molecule has 1 aromatic carbocycles. The highest BCUT2D eigenvalue weighted by molar-refractivity contribution is 7.99. The van der Waals surface area contributed by atoms with Crippen molar-refractivity contribution in [2.24, 2.45) is 10.8 Å². The fourth-order valence-corrected chi connectivity index (χ4v) is 4.11. The van der Waals surface area contributed by atoms with Crippen LogP contribution >= 0.6 is 11.8 Å².